The number of carbonyl (C=O) groups is 2. The molecule has 21 heavy (non-hydrogen) atoms. The first-order chi connectivity index (χ1) is 9.72. The molecule has 4 nitrogen and oxygen atoms in total. The fourth-order valence-electron chi connectivity index (χ4n) is 1.71. The lowest BCUT2D eigenvalue weighted by atomic mass is 10.1. The van der Waals surface area contributed by atoms with E-state index in [-0.39, 0.29) is 18.7 Å². The van der Waals surface area contributed by atoms with Crippen LogP contribution in [0.1, 0.15) is 24.5 Å². The van der Waals surface area contributed by atoms with Gasteiger partial charge in [0, 0.05) is 6.04 Å². The SMILES string of the molecule is COC(=O)CC(C)NC(=O)Cc1ccc(C(F)(F)F)cc1. The molecule has 1 atom stereocenters. The summed E-state index contributed by atoms with van der Waals surface area (Å²) < 4.78 is 41.6. The molecule has 0 bridgehead atoms. The summed E-state index contributed by atoms with van der Waals surface area (Å²) in [4.78, 5) is 22.7. The van der Waals surface area contributed by atoms with E-state index in [1.165, 1.54) is 19.2 Å². The van der Waals surface area contributed by atoms with E-state index in [0.717, 1.165) is 12.1 Å². The molecule has 0 aromatic heterocycles. The standard InChI is InChI=1S/C14H16F3NO3/c1-9(7-13(20)21-2)18-12(19)8-10-3-5-11(6-4-10)14(15,16)17/h3-6,9H,7-8H2,1-2H3,(H,18,19). The molecule has 0 aliphatic heterocycles. The quantitative estimate of drug-likeness (QED) is 0.849. The second kappa shape index (κ2) is 7.10. The summed E-state index contributed by atoms with van der Waals surface area (Å²) in [7, 11) is 1.25. The van der Waals surface area contributed by atoms with Gasteiger partial charge in [-0.05, 0) is 24.6 Å². The molecule has 1 aromatic rings. The molecule has 0 saturated carbocycles. The fraction of sp³-hybridized carbons (Fsp3) is 0.429. The van der Waals surface area contributed by atoms with Crippen molar-refractivity contribution in [3.05, 3.63) is 35.4 Å². The highest BCUT2D eigenvalue weighted by molar-refractivity contribution is 5.79. The van der Waals surface area contributed by atoms with Gasteiger partial charge < -0.3 is 10.1 Å². The molecule has 0 spiro atoms. The third-order valence-corrected chi connectivity index (χ3v) is 2.75. The van der Waals surface area contributed by atoms with Crippen molar-refractivity contribution in [2.75, 3.05) is 7.11 Å². The molecule has 1 unspecified atom stereocenters. The lowest BCUT2D eigenvalue weighted by Crippen LogP contribution is -2.35. The van der Waals surface area contributed by atoms with Gasteiger partial charge in [-0.3, -0.25) is 9.59 Å². The van der Waals surface area contributed by atoms with E-state index in [2.05, 4.69) is 10.1 Å². The van der Waals surface area contributed by atoms with E-state index in [0.29, 0.717) is 5.56 Å². The average Bonchev–Trinajstić information content (AvgIpc) is 2.37. The van der Waals surface area contributed by atoms with Gasteiger partial charge >= 0.3 is 12.1 Å². The Hall–Kier alpha value is -2.05. The first-order valence-corrected chi connectivity index (χ1v) is 6.24. The van der Waals surface area contributed by atoms with Crippen molar-refractivity contribution in [3.8, 4) is 0 Å². The molecule has 1 amide bonds. The Morgan fingerprint density at radius 1 is 1.24 bits per heavy atom. The number of halogens is 3. The van der Waals surface area contributed by atoms with Crippen LogP contribution in [0.15, 0.2) is 24.3 Å². The first kappa shape index (κ1) is 17.0. The van der Waals surface area contributed by atoms with Crippen molar-refractivity contribution < 1.29 is 27.5 Å². The van der Waals surface area contributed by atoms with Crippen molar-refractivity contribution in [2.45, 2.75) is 32.0 Å². The van der Waals surface area contributed by atoms with Crippen molar-refractivity contribution in [1.82, 2.24) is 5.32 Å². The van der Waals surface area contributed by atoms with Gasteiger partial charge in [-0.15, -0.1) is 0 Å². The van der Waals surface area contributed by atoms with Crippen LogP contribution in [-0.4, -0.2) is 25.0 Å². The number of carbonyl (C=O) groups excluding carboxylic acids is 2. The van der Waals surface area contributed by atoms with Crippen molar-refractivity contribution in [3.63, 3.8) is 0 Å². The van der Waals surface area contributed by atoms with Gasteiger partial charge in [0.25, 0.3) is 0 Å². The fourth-order valence-corrected chi connectivity index (χ4v) is 1.71. The molecule has 0 heterocycles. The highest BCUT2D eigenvalue weighted by Crippen LogP contribution is 2.29. The highest BCUT2D eigenvalue weighted by atomic mass is 19.4. The Balaban J connectivity index is 2.53. The lowest BCUT2D eigenvalue weighted by molar-refractivity contribution is -0.141. The maximum atomic E-state index is 12.4. The monoisotopic (exact) mass is 303 g/mol. The van der Waals surface area contributed by atoms with E-state index < -0.39 is 23.8 Å². The summed E-state index contributed by atoms with van der Waals surface area (Å²) in [6.07, 6.45) is -4.41. The number of methoxy groups -OCH3 is 1. The summed E-state index contributed by atoms with van der Waals surface area (Å²) in [5.74, 6) is -0.816. The third kappa shape index (κ3) is 5.85. The van der Waals surface area contributed by atoms with Gasteiger partial charge in [-0.25, -0.2) is 0 Å². The molecule has 1 aromatic carbocycles. The zero-order valence-electron chi connectivity index (χ0n) is 11.7. The second-order valence-corrected chi connectivity index (χ2v) is 4.62. The Morgan fingerprint density at radius 2 is 1.81 bits per heavy atom. The molecule has 0 aliphatic rings. The number of hydrogen-bond acceptors (Lipinski definition) is 3. The van der Waals surface area contributed by atoms with Gasteiger partial charge in [0.15, 0.2) is 0 Å². The minimum Gasteiger partial charge on any atom is -0.469 e. The number of nitrogens with one attached hydrogen (secondary N) is 1. The van der Waals surface area contributed by atoms with E-state index in [1.54, 1.807) is 6.92 Å². The van der Waals surface area contributed by atoms with Crippen molar-refractivity contribution >= 4 is 11.9 Å². The molecule has 116 valence electrons. The van der Waals surface area contributed by atoms with Crippen LogP contribution in [-0.2, 0) is 26.9 Å². The maximum Gasteiger partial charge on any atom is 0.416 e. The zero-order chi connectivity index (χ0) is 16.0. The second-order valence-electron chi connectivity index (χ2n) is 4.62. The molecule has 7 heteroatoms. The van der Waals surface area contributed by atoms with E-state index in [4.69, 9.17) is 0 Å². The highest BCUT2D eigenvalue weighted by Gasteiger charge is 2.29. The van der Waals surface area contributed by atoms with Crippen LogP contribution in [0.4, 0.5) is 13.2 Å². The van der Waals surface area contributed by atoms with Crippen LogP contribution in [0, 0.1) is 0 Å². The molecular weight excluding hydrogens is 287 g/mol. The van der Waals surface area contributed by atoms with Crippen LogP contribution in [0.3, 0.4) is 0 Å². The Kier molecular flexibility index (Phi) is 5.75. The summed E-state index contributed by atoms with van der Waals surface area (Å²) >= 11 is 0. The van der Waals surface area contributed by atoms with E-state index in [9.17, 15) is 22.8 Å². The van der Waals surface area contributed by atoms with Crippen LogP contribution >= 0.6 is 0 Å². The topological polar surface area (TPSA) is 55.4 Å². The summed E-state index contributed by atoms with van der Waals surface area (Å²) in [6.45, 7) is 1.64. The Morgan fingerprint density at radius 3 is 2.29 bits per heavy atom. The predicted molar refractivity (Wildman–Crippen MR) is 69.4 cm³/mol. The lowest BCUT2D eigenvalue weighted by Gasteiger charge is -2.13. The average molecular weight is 303 g/mol. The largest absolute Gasteiger partial charge is 0.469 e. The number of amides is 1. The number of hydrogen-bond donors (Lipinski definition) is 1. The number of ether oxygens (including phenoxy) is 1. The smallest absolute Gasteiger partial charge is 0.416 e. The van der Waals surface area contributed by atoms with Crippen molar-refractivity contribution in [2.24, 2.45) is 0 Å². The third-order valence-electron chi connectivity index (χ3n) is 2.75. The van der Waals surface area contributed by atoms with Crippen LogP contribution < -0.4 is 5.32 Å². The minimum atomic E-state index is -4.39. The minimum absolute atomic E-state index is 0.0370. The Bertz CT molecular complexity index is 497. The molecule has 0 fully saturated rings. The molecular formula is C14H16F3NO3. The van der Waals surface area contributed by atoms with E-state index in [1.807, 2.05) is 0 Å². The van der Waals surface area contributed by atoms with Gasteiger partial charge in [-0.1, -0.05) is 12.1 Å². The molecule has 1 N–H and O–H groups in total. The summed E-state index contributed by atoms with van der Waals surface area (Å²) in [6, 6.07) is 3.97. The van der Waals surface area contributed by atoms with Gasteiger partial charge in [0.2, 0.25) is 5.91 Å². The van der Waals surface area contributed by atoms with Crippen LogP contribution in [0.25, 0.3) is 0 Å². The number of alkyl halides is 3. The Labute approximate surface area is 120 Å². The van der Waals surface area contributed by atoms with Gasteiger partial charge in [-0.2, -0.15) is 13.2 Å². The van der Waals surface area contributed by atoms with Crippen molar-refractivity contribution in [1.29, 1.82) is 0 Å². The molecule has 0 saturated heterocycles. The van der Waals surface area contributed by atoms with Crippen LogP contribution in [0.2, 0.25) is 0 Å². The number of benzene rings is 1. The number of esters is 1. The summed E-state index contributed by atoms with van der Waals surface area (Å²) in [5.41, 5.74) is -0.295. The maximum absolute atomic E-state index is 12.4. The molecule has 1 rings (SSSR count). The molecule has 0 aliphatic carbocycles. The van der Waals surface area contributed by atoms with E-state index >= 15 is 0 Å². The van der Waals surface area contributed by atoms with Gasteiger partial charge in [0.1, 0.15) is 0 Å². The van der Waals surface area contributed by atoms with Crippen LogP contribution in [0.5, 0.6) is 0 Å². The number of rotatable bonds is 5. The normalized spacial score (nSPS) is 12.6. The zero-order valence-corrected chi connectivity index (χ0v) is 11.7. The predicted octanol–water partition coefficient (Wildman–Crippen LogP) is 2.32. The first-order valence-electron chi connectivity index (χ1n) is 6.24. The summed E-state index contributed by atoms with van der Waals surface area (Å²) in [5, 5.41) is 2.58. The molecule has 0 radical (unpaired) electrons. The van der Waals surface area contributed by atoms with Gasteiger partial charge in [0.05, 0.1) is 25.5 Å².